The van der Waals surface area contributed by atoms with Crippen LogP contribution in [0, 0.1) is 0 Å². The summed E-state index contributed by atoms with van der Waals surface area (Å²) in [5.41, 5.74) is 2.75. The van der Waals surface area contributed by atoms with Crippen LogP contribution in [-0.4, -0.2) is 7.11 Å². The number of methoxy groups -OCH3 is 1. The largest absolute Gasteiger partial charge is 0.497 e. The Balaban J connectivity index is 2.43. The highest BCUT2D eigenvalue weighted by molar-refractivity contribution is 5.40. The fourth-order valence-electron chi connectivity index (χ4n) is 2.34. The molecule has 0 aromatic heterocycles. The van der Waals surface area contributed by atoms with Gasteiger partial charge in [0.1, 0.15) is 5.75 Å². The standard InChI is InChI=1S/C17H20O/c1-4-17(2,14-8-6-5-7-9-14)15-10-12-16(18-3)13-11-15/h5-13H,4H2,1-3H3. The van der Waals surface area contributed by atoms with E-state index in [1.54, 1.807) is 7.11 Å². The van der Waals surface area contributed by atoms with Crippen LogP contribution in [0.15, 0.2) is 54.6 Å². The zero-order valence-electron chi connectivity index (χ0n) is 11.3. The van der Waals surface area contributed by atoms with Crippen molar-refractivity contribution in [2.45, 2.75) is 25.7 Å². The molecule has 0 aliphatic rings. The maximum absolute atomic E-state index is 5.22. The van der Waals surface area contributed by atoms with Crippen molar-refractivity contribution < 1.29 is 4.74 Å². The van der Waals surface area contributed by atoms with Crippen molar-refractivity contribution in [3.8, 4) is 5.75 Å². The van der Waals surface area contributed by atoms with Gasteiger partial charge in [0, 0.05) is 5.41 Å². The summed E-state index contributed by atoms with van der Waals surface area (Å²) in [6, 6.07) is 19.1. The lowest BCUT2D eigenvalue weighted by Crippen LogP contribution is -2.22. The van der Waals surface area contributed by atoms with Crippen LogP contribution in [-0.2, 0) is 5.41 Å². The Bertz CT molecular complexity index is 487. The second-order valence-electron chi connectivity index (χ2n) is 4.78. The molecule has 0 saturated heterocycles. The van der Waals surface area contributed by atoms with Gasteiger partial charge in [-0.1, -0.05) is 56.3 Å². The zero-order valence-corrected chi connectivity index (χ0v) is 11.3. The van der Waals surface area contributed by atoms with Crippen LogP contribution in [0.1, 0.15) is 31.4 Å². The first-order valence-electron chi connectivity index (χ1n) is 6.41. The Kier molecular flexibility index (Phi) is 3.71. The number of benzene rings is 2. The van der Waals surface area contributed by atoms with Gasteiger partial charge in [-0.3, -0.25) is 0 Å². The molecule has 0 N–H and O–H groups in total. The van der Waals surface area contributed by atoms with Crippen LogP contribution in [0.2, 0.25) is 0 Å². The summed E-state index contributed by atoms with van der Waals surface area (Å²) in [7, 11) is 1.70. The van der Waals surface area contributed by atoms with Crippen molar-refractivity contribution in [1.29, 1.82) is 0 Å². The molecule has 2 aromatic rings. The van der Waals surface area contributed by atoms with Gasteiger partial charge in [0.15, 0.2) is 0 Å². The van der Waals surface area contributed by atoms with Crippen LogP contribution in [0.3, 0.4) is 0 Å². The second-order valence-corrected chi connectivity index (χ2v) is 4.78. The molecule has 0 aliphatic heterocycles. The van der Waals surface area contributed by atoms with E-state index in [1.807, 2.05) is 12.1 Å². The van der Waals surface area contributed by atoms with E-state index in [0.717, 1.165) is 12.2 Å². The van der Waals surface area contributed by atoms with E-state index in [4.69, 9.17) is 4.74 Å². The molecular weight excluding hydrogens is 220 g/mol. The number of hydrogen-bond donors (Lipinski definition) is 0. The molecule has 0 amide bonds. The third-order valence-corrected chi connectivity index (χ3v) is 3.85. The number of rotatable bonds is 4. The van der Waals surface area contributed by atoms with Crippen molar-refractivity contribution in [1.82, 2.24) is 0 Å². The summed E-state index contributed by atoms with van der Waals surface area (Å²) in [5, 5.41) is 0. The molecule has 2 rings (SSSR count). The number of hydrogen-bond acceptors (Lipinski definition) is 1. The normalized spacial score (nSPS) is 13.9. The van der Waals surface area contributed by atoms with Crippen LogP contribution in [0.5, 0.6) is 5.75 Å². The quantitative estimate of drug-likeness (QED) is 0.769. The van der Waals surface area contributed by atoms with Gasteiger partial charge < -0.3 is 4.74 Å². The molecule has 0 fully saturated rings. The topological polar surface area (TPSA) is 9.23 Å². The second kappa shape index (κ2) is 5.26. The minimum Gasteiger partial charge on any atom is -0.497 e. The van der Waals surface area contributed by atoms with Crippen molar-refractivity contribution >= 4 is 0 Å². The molecule has 94 valence electrons. The van der Waals surface area contributed by atoms with E-state index in [0.29, 0.717) is 0 Å². The third-order valence-electron chi connectivity index (χ3n) is 3.85. The van der Waals surface area contributed by atoms with E-state index in [-0.39, 0.29) is 5.41 Å². The monoisotopic (exact) mass is 240 g/mol. The fraction of sp³-hybridized carbons (Fsp3) is 0.294. The highest BCUT2D eigenvalue weighted by Crippen LogP contribution is 2.35. The Morgan fingerprint density at radius 3 is 1.94 bits per heavy atom. The predicted molar refractivity (Wildman–Crippen MR) is 76.2 cm³/mol. The van der Waals surface area contributed by atoms with Crippen molar-refractivity contribution in [2.24, 2.45) is 0 Å². The molecule has 0 spiro atoms. The first-order valence-corrected chi connectivity index (χ1v) is 6.41. The zero-order chi connectivity index (χ0) is 13.0. The number of ether oxygens (including phenoxy) is 1. The van der Waals surface area contributed by atoms with Gasteiger partial charge in [-0.05, 0) is 29.7 Å². The van der Waals surface area contributed by atoms with Gasteiger partial charge in [-0.15, -0.1) is 0 Å². The van der Waals surface area contributed by atoms with E-state index >= 15 is 0 Å². The minimum absolute atomic E-state index is 0.0630. The molecule has 0 heterocycles. The van der Waals surface area contributed by atoms with E-state index in [9.17, 15) is 0 Å². The summed E-state index contributed by atoms with van der Waals surface area (Å²) in [4.78, 5) is 0. The minimum atomic E-state index is 0.0630. The Morgan fingerprint density at radius 1 is 0.889 bits per heavy atom. The predicted octanol–water partition coefficient (Wildman–Crippen LogP) is 4.41. The lowest BCUT2D eigenvalue weighted by molar-refractivity contribution is 0.414. The summed E-state index contributed by atoms with van der Waals surface area (Å²) in [5.74, 6) is 0.908. The van der Waals surface area contributed by atoms with Crippen molar-refractivity contribution in [3.63, 3.8) is 0 Å². The molecule has 18 heavy (non-hydrogen) atoms. The first-order chi connectivity index (χ1) is 8.70. The lowest BCUT2D eigenvalue weighted by Gasteiger charge is -2.29. The maximum atomic E-state index is 5.22. The molecule has 0 saturated carbocycles. The fourth-order valence-corrected chi connectivity index (χ4v) is 2.34. The third kappa shape index (κ3) is 2.26. The van der Waals surface area contributed by atoms with E-state index < -0.39 is 0 Å². The van der Waals surface area contributed by atoms with Crippen LogP contribution >= 0.6 is 0 Å². The van der Waals surface area contributed by atoms with Crippen LogP contribution in [0.4, 0.5) is 0 Å². The molecule has 0 bridgehead atoms. The van der Waals surface area contributed by atoms with Gasteiger partial charge in [-0.2, -0.15) is 0 Å². The molecule has 1 heteroatoms. The summed E-state index contributed by atoms with van der Waals surface area (Å²) in [6.45, 7) is 4.53. The Hall–Kier alpha value is -1.76. The molecular formula is C17H20O. The lowest BCUT2D eigenvalue weighted by atomic mass is 9.74. The Morgan fingerprint density at radius 2 is 1.44 bits per heavy atom. The molecule has 0 radical (unpaired) electrons. The molecule has 1 unspecified atom stereocenters. The smallest absolute Gasteiger partial charge is 0.118 e. The van der Waals surface area contributed by atoms with Gasteiger partial charge in [0.2, 0.25) is 0 Å². The van der Waals surface area contributed by atoms with Gasteiger partial charge in [-0.25, -0.2) is 0 Å². The SMILES string of the molecule is CCC(C)(c1ccccc1)c1ccc(OC)cc1. The van der Waals surface area contributed by atoms with Gasteiger partial charge in [0.05, 0.1) is 7.11 Å². The summed E-state index contributed by atoms with van der Waals surface area (Å²) < 4.78 is 5.22. The molecule has 1 atom stereocenters. The van der Waals surface area contributed by atoms with E-state index in [1.165, 1.54) is 11.1 Å². The van der Waals surface area contributed by atoms with Crippen LogP contribution in [0.25, 0.3) is 0 Å². The maximum Gasteiger partial charge on any atom is 0.118 e. The highest BCUT2D eigenvalue weighted by Gasteiger charge is 2.26. The molecule has 2 aromatic carbocycles. The average Bonchev–Trinajstić information content (AvgIpc) is 2.47. The van der Waals surface area contributed by atoms with Crippen molar-refractivity contribution in [2.75, 3.05) is 7.11 Å². The molecule has 1 nitrogen and oxygen atoms in total. The average molecular weight is 240 g/mol. The highest BCUT2D eigenvalue weighted by atomic mass is 16.5. The van der Waals surface area contributed by atoms with Gasteiger partial charge in [0.25, 0.3) is 0 Å². The Labute approximate surface area is 109 Å². The van der Waals surface area contributed by atoms with Gasteiger partial charge >= 0.3 is 0 Å². The first kappa shape index (κ1) is 12.7. The molecule has 0 aliphatic carbocycles. The van der Waals surface area contributed by atoms with Crippen molar-refractivity contribution in [3.05, 3.63) is 65.7 Å². The van der Waals surface area contributed by atoms with E-state index in [2.05, 4.69) is 56.3 Å². The summed E-state index contributed by atoms with van der Waals surface area (Å²) in [6.07, 6.45) is 1.07. The summed E-state index contributed by atoms with van der Waals surface area (Å²) >= 11 is 0. The van der Waals surface area contributed by atoms with Crippen LogP contribution < -0.4 is 4.74 Å².